The van der Waals surface area contributed by atoms with Gasteiger partial charge in [-0.05, 0) is 23.1 Å². The molecule has 0 atom stereocenters. The van der Waals surface area contributed by atoms with Gasteiger partial charge in [0.15, 0.2) is 0 Å². The average molecular weight is 230 g/mol. The van der Waals surface area contributed by atoms with Crippen molar-refractivity contribution in [1.29, 1.82) is 0 Å². The molecule has 4 nitrogen and oxygen atoms in total. The maximum absolute atomic E-state index is 10.6. The zero-order valence-corrected chi connectivity index (χ0v) is 9.86. The second kappa shape index (κ2) is 3.97. The van der Waals surface area contributed by atoms with Crippen LogP contribution >= 0.6 is 7.82 Å². The van der Waals surface area contributed by atoms with E-state index in [1.165, 1.54) is 6.07 Å². The van der Waals surface area contributed by atoms with Gasteiger partial charge in [0.2, 0.25) is 0 Å². The number of phosphoric ester groups is 1. The molecule has 0 saturated carbocycles. The Kier molecular flexibility index (Phi) is 3.24. The zero-order valence-electron chi connectivity index (χ0n) is 8.97. The highest BCUT2D eigenvalue weighted by molar-refractivity contribution is 7.46. The summed E-state index contributed by atoms with van der Waals surface area (Å²) in [6.45, 7) is 6.05. The average Bonchev–Trinajstić information content (AvgIpc) is 1.99. The molecular weight excluding hydrogens is 215 g/mol. The van der Waals surface area contributed by atoms with Crippen LogP contribution in [0.2, 0.25) is 0 Å². The lowest BCUT2D eigenvalue weighted by atomic mass is 9.87. The van der Waals surface area contributed by atoms with Crippen molar-refractivity contribution in [3.63, 3.8) is 0 Å². The number of phosphoric acid groups is 1. The molecule has 1 aromatic rings. The van der Waals surface area contributed by atoms with Crippen molar-refractivity contribution in [2.24, 2.45) is 0 Å². The van der Waals surface area contributed by atoms with Crippen LogP contribution in [-0.2, 0) is 9.98 Å². The summed E-state index contributed by atoms with van der Waals surface area (Å²) in [5.74, 6) is 0.191. The summed E-state index contributed by atoms with van der Waals surface area (Å²) in [6.07, 6.45) is 0. The molecule has 0 heterocycles. The molecule has 0 aromatic heterocycles. The first kappa shape index (κ1) is 12.2. The Hall–Kier alpha value is -0.830. The molecule has 1 rings (SSSR count). The van der Waals surface area contributed by atoms with Crippen molar-refractivity contribution in [2.75, 3.05) is 0 Å². The molecule has 84 valence electrons. The van der Waals surface area contributed by atoms with Crippen molar-refractivity contribution < 1.29 is 18.9 Å². The summed E-state index contributed by atoms with van der Waals surface area (Å²) >= 11 is 0. The molecule has 0 spiro atoms. The highest BCUT2D eigenvalue weighted by Gasteiger charge is 2.18. The maximum atomic E-state index is 10.6. The lowest BCUT2D eigenvalue weighted by Crippen LogP contribution is -2.10. The molecule has 1 aromatic carbocycles. The minimum Gasteiger partial charge on any atom is -0.404 e. The molecular formula is C10H15O4P. The van der Waals surface area contributed by atoms with E-state index in [2.05, 4.69) is 4.52 Å². The van der Waals surface area contributed by atoms with Crippen LogP contribution in [0.1, 0.15) is 26.3 Å². The molecule has 2 N–H and O–H groups in total. The fraction of sp³-hybridized carbons (Fsp3) is 0.400. The van der Waals surface area contributed by atoms with Gasteiger partial charge in [-0.3, -0.25) is 9.79 Å². The van der Waals surface area contributed by atoms with Crippen LogP contribution < -0.4 is 4.52 Å². The van der Waals surface area contributed by atoms with Crippen LogP contribution in [0.15, 0.2) is 24.3 Å². The van der Waals surface area contributed by atoms with E-state index in [0.717, 1.165) is 5.56 Å². The van der Waals surface area contributed by atoms with Crippen molar-refractivity contribution in [2.45, 2.75) is 26.2 Å². The first-order chi connectivity index (χ1) is 6.68. The Labute approximate surface area is 89.1 Å². The van der Waals surface area contributed by atoms with E-state index < -0.39 is 7.82 Å². The summed E-state index contributed by atoms with van der Waals surface area (Å²) in [5, 5.41) is 0. The highest BCUT2D eigenvalue weighted by atomic mass is 31.2. The van der Waals surface area contributed by atoms with Crippen LogP contribution in [-0.4, -0.2) is 9.79 Å². The molecule has 15 heavy (non-hydrogen) atoms. The van der Waals surface area contributed by atoms with E-state index >= 15 is 0 Å². The SMILES string of the molecule is CC(C)(C)c1cccc(OP(=O)(O)O)c1. The van der Waals surface area contributed by atoms with E-state index in [1.54, 1.807) is 12.1 Å². The zero-order chi connectivity index (χ0) is 11.7. The van der Waals surface area contributed by atoms with Gasteiger partial charge in [0.1, 0.15) is 5.75 Å². The second-order valence-electron chi connectivity index (χ2n) is 4.36. The molecule has 0 aliphatic carbocycles. The molecule has 0 bridgehead atoms. The topological polar surface area (TPSA) is 66.8 Å². The Morgan fingerprint density at radius 1 is 1.27 bits per heavy atom. The van der Waals surface area contributed by atoms with Crippen LogP contribution in [0.5, 0.6) is 5.75 Å². The Bertz CT molecular complexity index is 389. The number of hydrogen-bond donors (Lipinski definition) is 2. The molecule has 0 radical (unpaired) electrons. The lowest BCUT2D eigenvalue weighted by molar-refractivity contribution is 0.283. The van der Waals surface area contributed by atoms with E-state index in [-0.39, 0.29) is 11.2 Å². The van der Waals surface area contributed by atoms with E-state index in [9.17, 15) is 4.57 Å². The molecule has 0 fully saturated rings. The normalized spacial score (nSPS) is 12.6. The van der Waals surface area contributed by atoms with Gasteiger partial charge in [-0.15, -0.1) is 0 Å². The maximum Gasteiger partial charge on any atom is 0.524 e. The Morgan fingerprint density at radius 2 is 1.87 bits per heavy atom. The molecule has 0 amide bonds. The van der Waals surface area contributed by atoms with Crippen molar-refractivity contribution >= 4 is 7.82 Å². The summed E-state index contributed by atoms with van der Waals surface area (Å²) in [5.41, 5.74) is 0.891. The van der Waals surface area contributed by atoms with Gasteiger partial charge in [0.25, 0.3) is 0 Å². The summed E-state index contributed by atoms with van der Waals surface area (Å²) < 4.78 is 15.1. The van der Waals surface area contributed by atoms with Gasteiger partial charge in [-0.25, -0.2) is 4.57 Å². The third-order valence-corrected chi connectivity index (χ3v) is 2.37. The van der Waals surface area contributed by atoms with Gasteiger partial charge in [-0.1, -0.05) is 32.9 Å². The predicted octanol–water partition coefficient (Wildman–Crippen LogP) is 2.46. The number of hydrogen-bond acceptors (Lipinski definition) is 2. The second-order valence-corrected chi connectivity index (χ2v) is 5.52. The van der Waals surface area contributed by atoms with E-state index in [4.69, 9.17) is 9.79 Å². The Balaban J connectivity index is 2.99. The van der Waals surface area contributed by atoms with Gasteiger partial charge >= 0.3 is 7.82 Å². The third-order valence-electron chi connectivity index (χ3n) is 1.92. The van der Waals surface area contributed by atoms with Crippen molar-refractivity contribution in [3.05, 3.63) is 29.8 Å². The first-order valence-electron chi connectivity index (χ1n) is 4.54. The molecule has 0 saturated heterocycles. The molecule has 0 aliphatic rings. The molecule has 5 heteroatoms. The van der Waals surface area contributed by atoms with Crippen molar-refractivity contribution in [3.8, 4) is 5.75 Å². The van der Waals surface area contributed by atoms with Crippen LogP contribution in [0, 0.1) is 0 Å². The Morgan fingerprint density at radius 3 is 2.33 bits per heavy atom. The van der Waals surface area contributed by atoms with Crippen LogP contribution in [0.3, 0.4) is 0 Å². The fourth-order valence-electron chi connectivity index (χ4n) is 1.16. The predicted molar refractivity (Wildman–Crippen MR) is 57.8 cm³/mol. The summed E-state index contributed by atoms with van der Waals surface area (Å²) in [6, 6.07) is 6.77. The van der Waals surface area contributed by atoms with Crippen molar-refractivity contribution in [1.82, 2.24) is 0 Å². The lowest BCUT2D eigenvalue weighted by Gasteiger charge is -2.19. The van der Waals surface area contributed by atoms with Gasteiger partial charge in [0.05, 0.1) is 0 Å². The van der Waals surface area contributed by atoms with Gasteiger partial charge in [-0.2, -0.15) is 0 Å². The largest absolute Gasteiger partial charge is 0.524 e. The summed E-state index contributed by atoms with van der Waals surface area (Å²) in [4.78, 5) is 17.3. The van der Waals surface area contributed by atoms with Crippen LogP contribution in [0.25, 0.3) is 0 Å². The van der Waals surface area contributed by atoms with Crippen LogP contribution in [0.4, 0.5) is 0 Å². The minimum absolute atomic E-state index is 0.0751. The monoisotopic (exact) mass is 230 g/mol. The van der Waals surface area contributed by atoms with Gasteiger partial charge < -0.3 is 4.52 Å². The number of benzene rings is 1. The number of rotatable bonds is 2. The van der Waals surface area contributed by atoms with Gasteiger partial charge in [0, 0.05) is 0 Å². The standard InChI is InChI=1S/C10H15O4P/c1-10(2,3)8-5-4-6-9(7-8)14-15(11,12)13/h4-7H,1-3H3,(H2,11,12,13). The highest BCUT2D eigenvalue weighted by Crippen LogP contribution is 2.38. The minimum atomic E-state index is -4.46. The van der Waals surface area contributed by atoms with E-state index in [1.807, 2.05) is 26.8 Å². The smallest absolute Gasteiger partial charge is 0.404 e. The first-order valence-corrected chi connectivity index (χ1v) is 6.07. The molecule has 0 unspecified atom stereocenters. The van der Waals surface area contributed by atoms with E-state index in [0.29, 0.717) is 0 Å². The quantitative estimate of drug-likeness (QED) is 0.766. The fourth-order valence-corrected chi connectivity index (χ4v) is 1.54. The third kappa shape index (κ3) is 4.04. The summed E-state index contributed by atoms with van der Waals surface area (Å²) in [7, 11) is -4.46. The molecule has 0 aliphatic heterocycles.